The lowest BCUT2D eigenvalue weighted by Gasteiger charge is -2.27. The van der Waals surface area contributed by atoms with Crippen molar-refractivity contribution < 1.29 is 9.59 Å². The van der Waals surface area contributed by atoms with Crippen molar-refractivity contribution in [2.75, 3.05) is 51.1 Å². The van der Waals surface area contributed by atoms with Crippen LogP contribution in [0, 0.1) is 0 Å². The molecule has 2 rings (SSSR count). The lowest BCUT2D eigenvalue weighted by atomic mass is 10.3. The molecule has 7 nitrogen and oxygen atoms in total. The van der Waals surface area contributed by atoms with Gasteiger partial charge < -0.3 is 21.3 Å². The third-order valence-electron chi connectivity index (χ3n) is 3.70. The van der Waals surface area contributed by atoms with Gasteiger partial charge in [0.15, 0.2) is 0 Å². The van der Waals surface area contributed by atoms with Crippen LogP contribution in [0.15, 0.2) is 28.7 Å². The molecule has 1 fully saturated rings. The van der Waals surface area contributed by atoms with Crippen LogP contribution in [0.4, 0.5) is 10.5 Å². The summed E-state index contributed by atoms with van der Waals surface area (Å²) in [5, 5.41) is 11.6. The van der Waals surface area contributed by atoms with Crippen LogP contribution in [0.3, 0.4) is 0 Å². The Balaban J connectivity index is 0.00000312. The molecular formula is C16H25BrClN5O2. The number of amides is 3. The SMILES string of the molecule is Cl.O=C(CCNC(=O)Nc1ccc(Br)cc1)NCCN1CCNCC1. The van der Waals surface area contributed by atoms with Crippen LogP contribution in [0.25, 0.3) is 0 Å². The Morgan fingerprint density at radius 2 is 1.76 bits per heavy atom. The number of benzene rings is 1. The highest BCUT2D eigenvalue weighted by Crippen LogP contribution is 2.13. The summed E-state index contributed by atoms with van der Waals surface area (Å²) < 4.78 is 0.950. The van der Waals surface area contributed by atoms with Gasteiger partial charge >= 0.3 is 6.03 Å². The molecule has 1 aromatic carbocycles. The number of nitrogens with zero attached hydrogens (tertiary/aromatic N) is 1. The van der Waals surface area contributed by atoms with Crippen LogP contribution < -0.4 is 21.3 Å². The van der Waals surface area contributed by atoms with E-state index in [1.165, 1.54) is 0 Å². The van der Waals surface area contributed by atoms with Crippen LogP contribution >= 0.6 is 28.3 Å². The second-order valence-corrected chi connectivity index (χ2v) is 6.50. The fourth-order valence-corrected chi connectivity index (χ4v) is 2.64. The van der Waals surface area contributed by atoms with Crippen LogP contribution in [0.1, 0.15) is 6.42 Å². The summed E-state index contributed by atoms with van der Waals surface area (Å²) >= 11 is 3.34. The van der Waals surface area contributed by atoms with Gasteiger partial charge in [0.05, 0.1) is 0 Å². The van der Waals surface area contributed by atoms with E-state index in [4.69, 9.17) is 0 Å². The molecule has 0 spiro atoms. The fourth-order valence-electron chi connectivity index (χ4n) is 2.37. The summed E-state index contributed by atoms with van der Waals surface area (Å²) in [5.41, 5.74) is 0.705. The van der Waals surface area contributed by atoms with Crippen molar-refractivity contribution in [1.29, 1.82) is 0 Å². The highest BCUT2D eigenvalue weighted by molar-refractivity contribution is 9.10. The van der Waals surface area contributed by atoms with E-state index < -0.39 is 0 Å². The Bertz CT molecular complexity index is 538. The van der Waals surface area contributed by atoms with Crippen molar-refractivity contribution in [2.45, 2.75) is 6.42 Å². The van der Waals surface area contributed by atoms with Crippen molar-refractivity contribution in [3.63, 3.8) is 0 Å². The van der Waals surface area contributed by atoms with E-state index in [1.807, 2.05) is 12.1 Å². The lowest BCUT2D eigenvalue weighted by molar-refractivity contribution is -0.121. The number of carbonyl (C=O) groups excluding carboxylic acids is 2. The molecule has 0 atom stereocenters. The van der Waals surface area contributed by atoms with E-state index in [2.05, 4.69) is 42.1 Å². The zero-order valence-electron chi connectivity index (χ0n) is 14.0. The van der Waals surface area contributed by atoms with Crippen LogP contribution in [0.5, 0.6) is 0 Å². The molecular weight excluding hydrogens is 410 g/mol. The average Bonchev–Trinajstić information content (AvgIpc) is 2.58. The first-order chi connectivity index (χ1) is 11.6. The number of hydrogen-bond acceptors (Lipinski definition) is 4. The molecule has 140 valence electrons. The number of hydrogen-bond donors (Lipinski definition) is 4. The molecule has 25 heavy (non-hydrogen) atoms. The van der Waals surface area contributed by atoms with Crippen LogP contribution in [0.2, 0.25) is 0 Å². The van der Waals surface area contributed by atoms with E-state index in [0.717, 1.165) is 37.2 Å². The van der Waals surface area contributed by atoms with Crippen molar-refractivity contribution >= 4 is 46.0 Å². The number of carbonyl (C=O) groups is 2. The van der Waals surface area contributed by atoms with E-state index in [9.17, 15) is 9.59 Å². The summed E-state index contributed by atoms with van der Waals surface area (Å²) in [6.45, 7) is 5.87. The number of anilines is 1. The zero-order chi connectivity index (χ0) is 17.2. The molecule has 1 aliphatic heterocycles. The zero-order valence-corrected chi connectivity index (χ0v) is 16.4. The number of rotatable bonds is 7. The fraction of sp³-hybridized carbons (Fsp3) is 0.500. The number of urea groups is 1. The van der Waals surface area contributed by atoms with Gasteiger partial charge in [0.2, 0.25) is 5.91 Å². The molecule has 0 unspecified atom stereocenters. The average molecular weight is 435 g/mol. The lowest BCUT2D eigenvalue weighted by Crippen LogP contribution is -2.46. The Hall–Kier alpha value is -1.35. The van der Waals surface area contributed by atoms with E-state index in [1.54, 1.807) is 12.1 Å². The van der Waals surface area contributed by atoms with Gasteiger partial charge in [-0.25, -0.2) is 4.79 Å². The Labute approximate surface area is 162 Å². The molecule has 0 saturated carbocycles. The standard InChI is InChI=1S/C16H24BrN5O2.ClH/c17-13-1-3-14(4-2-13)21-16(24)20-6-5-15(23)19-9-12-22-10-7-18-8-11-22;/h1-4,18H,5-12H2,(H,19,23)(H2,20,21,24);1H. The maximum Gasteiger partial charge on any atom is 0.319 e. The minimum atomic E-state index is -0.314. The number of nitrogens with one attached hydrogen (secondary N) is 4. The number of piperazine rings is 1. The molecule has 1 heterocycles. The topological polar surface area (TPSA) is 85.5 Å². The molecule has 0 aromatic heterocycles. The summed E-state index contributed by atoms with van der Waals surface area (Å²) in [7, 11) is 0. The molecule has 1 aliphatic rings. The van der Waals surface area contributed by atoms with Gasteiger partial charge in [0, 0.05) is 62.4 Å². The summed E-state index contributed by atoms with van der Waals surface area (Å²) in [4.78, 5) is 25.8. The minimum absolute atomic E-state index is 0. The normalized spacial score (nSPS) is 14.3. The van der Waals surface area contributed by atoms with E-state index in [-0.39, 0.29) is 30.8 Å². The van der Waals surface area contributed by atoms with Gasteiger partial charge in [-0.3, -0.25) is 9.69 Å². The van der Waals surface area contributed by atoms with E-state index >= 15 is 0 Å². The quantitative estimate of drug-likeness (QED) is 0.523. The molecule has 1 aromatic rings. The molecule has 3 amide bonds. The molecule has 0 radical (unpaired) electrons. The second kappa shape index (κ2) is 12.1. The van der Waals surface area contributed by atoms with E-state index in [0.29, 0.717) is 18.8 Å². The van der Waals surface area contributed by atoms with Crippen molar-refractivity contribution in [1.82, 2.24) is 20.9 Å². The Morgan fingerprint density at radius 3 is 2.44 bits per heavy atom. The monoisotopic (exact) mass is 433 g/mol. The third-order valence-corrected chi connectivity index (χ3v) is 4.23. The Kier molecular flexibility index (Phi) is 10.5. The van der Waals surface area contributed by atoms with Crippen molar-refractivity contribution in [2.24, 2.45) is 0 Å². The third kappa shape index (κ3) is 9.06. The molecule has 0 aliphatic carbocycles. The predicted molar refractivity (Wildman–Crippen MR) is 105 cm³/mol. The molecule has 1 saturated heterocycles. The molecule has 0 bridgehead atoms. The van der Waals surface area contributed by atoms with Gasteiger partial charge in [-0.1, -0.05) is 15.9 Å². The second-order valence-electron chi connectivity index (χ2n) is 5.58. The summed E-state index contributed by atoms with van der Waals surface area (Å²) in [5.74, 6) is -0.0472. The first kappa shape index (κ1) is 21.7. The first-order valence-corrected chi connectivity index (χ1v) is 8.93. The van der Waals surface area contributed by atoms with Gasteiger partial charge in [-0.05, 0) is 24.3 Å². The Morgan fingerprint density at radius 1 is 1.08 bits per heavy atom. The largest absolute Gasteiger partial charge is 0.355 e. The summed E-state index contributed by atoms with van der Waals surface area (Å²) in [6.07, 6.45) is 0.273. The number of halogens is 2. The smallest absolute Gasteiger partial charge is 0.319 e. The van der Waals surface area contributed by atoms with Crippen LogP contribution in [-0.4, -0.2) is 62.7 Å². The molecule has 9 heteroatoms. The van der Waals surface area contributed by atoms with Gasteiger partial charge in [0.1, 0.15) is 0 Å². The first-order valence-electron chi connectivity index (χ1n) is 8.14. The van der Waals surface area contributed by atoms with Gasteiger partial charge in [-0.2, -0.15) is 0 Å². The maximum absolute atomic E-state index is 11.7. The van der Waals surface area contributed by atoms with Crippen LogP contribution in [-0.2, 0) is 4.79 Å². The van der Waals surface area contributed by atoms with Crippen molar-refractivity contribution in [3.8, 4) is 0 Å². The predicted octanol–water partition coefficient (Wildman–Crippen LogP) is 1.40. The summed E-state index contributed by atoms with van der Waals surface area (Å²) in [6, 6.07) is 6.98. The minimum Gasteiger partial charge on any atom is -0.355 e. The maximum atomic E-state index is 11.7. The molecule has 4 N–H and O–H groups in total. The van der Waals surface area contributed by atoms with Crippen molar-refractivity contribution in [3.05, 3.63) is 28.7 Å². The highest BCUT2D eigenvalue weighted by Gasteiger charge is 2.09. The van der Waals surface area contributed by atoms with Gasteiger partial charge in [-0.15, -0.1) is 12.4 Å². The highest BCUT2D eigenvalue weighted by atomic mass is 79.9. The van der Waals surface area contributed by atoms with Gasteiger partial charge in [0.25, 0.3) is 0 Å².